The van der Waals surface area contributed by atoms with Gasteiger partial charge in [-0.1, -0.05) is 13.8 Å². The Bertz CT molecular complexity index is 231. The molecule has 72 valence electrons. The number of nitrogens with zero attached hydrogens (tertiary/aromatic N) is 1. The van der Waals surface area contributed by atoms with Gasteiger partial charge in [-0.15, -0.1) is 5.56 Å². The summed E-state index contributed by atoms with van der Waals surface area (Å²) in [6, 6.07) is 12.0. The summed E-state index contributed by atoms with van der Waals surface area (Å²) >= 11 is 0. The van der Waals surface area contributed by atoms with Crippen LogP contribution in [0.2, 0.25) is 0 Å². The Morgan fingerprint density at radius 2 is 1.93 bits per heavy atom. The van der Waals surface area contributed by atoms with E-state index in [-0.39, 0.29) is 18.9 Å². The van der Waals surface area contributed by atoms with E-state index in [2.05, 4.69) is 43.9 Å². The van der Waals surface area contributed by atoms with Crippen molar-refractivity contribution >= 4 is 0 Å². The van der Waals surface area contributed by atoms with Crippen LogP contribution in [-0.4, -0.2) is 18.0 Å². The Hall–Kier alpha value is -0.223. The molecule has 0 spiro atoms. The zero-order chi connectivity index (χ0) is 9.68. The standard InChI is InChI=1S/C12H18N.Li/c1-4-13(5-2)11(3)12-9-7-6-8-10-12;/h6-9,11H,4-5H2,1-3H3;/q-1;+1/t11-;/m0./s1. The number of benzene rings is 1. The van der Waals surface area contributed by atoms with Gasteiger partial charge in [0.2, 0.25) is 0 Å². The van der Waals surface area contributed by atoms with Gasteiger partial charge in [0.15, 0.2) is 0 Å². The van der Waals surface area contributed by atoms with Gasteiger partial charge in [-0.25, -0.2) is 0 Å². The van der Waals surface area contributed by atoms with E-state index in [4.69, 9.17) is 0 Å². The molecule has 0 radical (unpaired) electrons. The fraction of sp³-hybridized carbons (Fsp3) is 0.500. The molecule has 0 aliphatic carbocycles. The molecule has 1 rings (SSSR count). The normalized spacial score (nSPS) is 12.3. The topological polar surface area (TPSA) is 3.24 Å². The molecule has 0 aliphatic rings. The van der Waals surface area contributed by atoms with E-state index in [0.29, 0.717) is 6.04 Å². The fourth-order valence-corrected chi connectivity index (χ4v) is 1.64. The summed E-state index contributed by atoms with van der Waals surface area (Å²) in [6.45, 7) is 8.82. The Labute approximate surface area is 99.7 Å². The molecule has 0 aliphatic heterocycles. The molecule has 0 heterocycles. The van der Waals surface area contributed by atoms with E-state index in [1.54, 1.807) is 0 Å². The molecule has 1 nitrogen and oxygen atoms in total. The van der Waals surface area contributed by atoms with Gasteiger partial charge in [0.25, 0.3) is 0 Å². The van der Waals surface area contributed by atoms with Crippen molar-refractivity contribution < 1.29 is 18.9 Å². The minimum absolute atomic E-state index is 0. The van der Waals surface area contributed by atoms with Crippen LogP contribution in [0, 0.1) is 6.07 Å². The first-order chi connectivity index (χ1) is 6.29. The molecule has 0 aromatic heterocycles. The van der Waals surface area contributed by atoms with Crippen molar-refractivity contribution in [1.82, 2.24) is 4.90 Å². The van der Waals surface area contributed by atoms with Gasteiger partial charge < -0.3 is 0 Å². The second kappa shape index (κ2) is 7.12. The second-order valence-electron chi connectivity index (χ2n) is 3.22. The van der Waals surface area contributed by atoms with E-state index in [9.17, 15) is 0 Å². The van der Waals surface area contributed by atoms with Crippen molar-refractivity contribution in [2.75, 3.05) is 13.1 Å². The van der Waals surface area contributed by atoms with Crippen molar-refractivity contribution in [2.45, 2.75) is 26.8 Å². The van der Waals surface area contributed by atoms with E-state index in [1.807, 2.05) is 12.1 Å². The molecular weight excluding hydrogens is 165 g/mol. The van der Waals surface area contributed by atoms with Crippen molar-refractivity contribution in [3.05, 3.63) is 35.9 Å². The Morgan fingerprint density at radius 3 is 2.36 bits per heavy atom. The predicted molar refractivity (Wildman–Crippen MR) is 56.6 cm³/mol. The first-order valence-corrected chi connectivity index (χ1v) is 5.00. The molecule has 0 bridgehead atoms. The third-order valence-electron chi connectivity index (χ3n) is 2.54. The fourth-order valence-electron chi connectivity index (χ4n) is 1.64. The van der Waals surface area contributed by atoms with Gasteiger partial charge >= 0.3 is 18.9 Å². The van der Waals surface area contributed by atoms with E-state index in [0.717, 1.165) is 13.1 Å². The average molecular weight is 183 g/mol. The summed E-state index contributed by atoms with van der Waals surface area (Å²) in [4.78, 5) is 2.42. The molecular formula is C12H18LiN. The Balaban J connectivity index is 0.00000169. The third-order valence-corrected chi connectivity index (χ3v) is 2.54. The number of hydrogen-bond acceptors (Lipinski definition) is 1. The van der Waals surface area contributed by atoms with Crippen molar-refractivity contribution in [1.29, 1.82) is 0 Å². The minimum atomic E-state index is 0. The summed E-state index contributed by atoms with van der Waals surface area (Å²) in [6.07, 6.45) is 0. The molecule has 2 heteroatoms. The summed E-state index contributed by atoms with van der Waals surface area (Å²) in [5.74, 6) is 0. The van der Waals surface area contributed by atoms with Gasteiger partial charge in [-0.05, 0) is 20.0 Å². The molecule has 1 aromatic carbocycles. The van der Waals surface area contributed by atoms with Crippen LogP contribution in [0.15, 0.2) is 24.3 Å². The van der Waals surface area contributed by atoms with Crippen LogP contribution in [0.1, 0.15) is 32.4 Å². The van der Waals surface area contributed by atoms with Gasteiger partial charge in [-0.3, -0.25) is 4.90 Å². The van der Waals surface area contributed by atoms with Crippen molar-refractivity contribution in [3.63, 3.8) is 0 Å². The molecule has 0 saturated heterocycles. The quantitative estimate of drug-likeness (QED) is 0.465. The molecule has 0 amide bonds. The molecule has 14 heavy (non-hydrogen) atoms. The minimum Gasteiger partial charge on any atom is -0.299 e. The summed E-state index contributed by atoms with van der Waals surface area (Å²) < 4.78 is 0. The van der Waals surface area contributed by atoms with Crippen LogP contribution in [0.25, 0.3) is 0 Å². The predicted octanol–water partition coefficient (Wildman–Crippen LogP) is -0.106. The zero-order valence-corrected chi connectivity index (χ0v) is 9.75. The SMILES string of the molecule is CCN(CC)[C@@H](C)c1[c-]cccc1.[Li+]. The summed E-state index contributed by atoms with van der Waals surface area (Å²) in [7, 11) is 0. The first kappa shape index (κ1) is 13.8. The second-order valence-corrected chi connectivity index (χ2v) is 3.22. The third kappa shape index (κ3) is 3.50. The monoisotopic (exact) mass is 183 g/mol. The van der Waals surface area contributed by atoms with E-state index < -0.39 is 0 Å². The number of hydrogen-bond donors (Lipinski definition) is 0. The molecule has 1 aromatic rings. The Morgan fingerprint density at radius 1 is 1.29 bits per heavy atom. The van der Waals surface area contributed by atoms with Gasteiger partial charge in [-0.2, -0.15) is 30.3 Å². The van der Waals surface area contributed by atoms with Crippen LogP contribution in [0.5, 0.6) is 0 Å². The molecule has 0 fully saturated rings. The maximum absolute atomic E-state index is 3.28. The van der Waals surface area contributed by atoms with Crippen molar-refractivity contribution in [3.8, 4) is 0 Å². The maximum atomic E-state index is 3.28. The molecule has 1 atom stereocenters. The largest absolute Gasteiger partial charge is 1.00 e. The van der Waals surface area contributed by atoms with Crippen LogP contribution in [0.3, 0.4) is 0 Å². The van der Waals surface area contributed by atoms with Crippen LogP contribution >= 0.6 is 0 Å². The number of rotatable bonds is 4. The van der Waals surface area contributed by atoms with Crippen molar-refractivity contribution in [2.24, 2.45) is 0 Å². The van der Waals surface area contributed by atoms with Gasteiger partial charge in [0.05, 0.1) is 0 Å². The Kier molecular flexibility index (Phi) is 7.01. The average Bonchev–Trinajstić information content (AvgIpc) is 2.21. The smallest absolute Gasteiger partial charge is 0.299 e. The van der Waals surface area contributed by atoms with Crippen LogP contribution in [-0.2, 0) is 0 Å². The molecule has 0 N–H and O–H groups in total. The molecule has 0 unspecified atom stereocenters. The van der Waals surface area contributed by atoms with Gasteiger partial charge in [0, 0.05) is 6.04 Å². The van der Waals surface area contributed by atoms with E-state index >= 15 is 0 Å². The molecule has 0 saturated carbocycles. The zero-order valence-electron chi connectivity index (χ0n) is 9.75. The van der Waals surface area contributed by atoms with E-state index in [1.165, 1.54) is 5.56 Å². The summed E-state index contributed by atoms with van der Waals surface area (Å²) in [5.41, 5.74) is 1.28. The van der Waals surface area contributed by atoms with Crippen LogP contribution in [0.4, 0.5) is 0 Å². The van der Waals surface area contributed by atoms with Crippen LogP contribution < -0.4 is 18.9 Å². The first-order valence-electron chi connectivity index (χ1n) is 5.00. The summed E-state index contributed by atoms with van der Waals surface area (Å²) in [5, 5.41) is 0. The maximum Gasteiger partial charge on any atom is 1.00 e. The van der Waals surface area contributed by atoms with Gasteiger partial charge in [0.1, 0.15) is 0 Å².